The van der Waals surface area contributed by atoms with E-state index in [1.54, 1.807) is 4.57 Å². The maximum atomic E-state index is 12.0. The molecule has 110 valence electrons. The Hall–Kier alpha value is -0.680. The molecule has 5 heteroatoms. The van der Waals surface area contributed by atoms with E-state index in [0.717, 1.165) is 34.2 Å². The summed E-state index contributed by atoms with van der Waals surface area (Å²) in [6.07, 6.45) is 5.52. The molecule has 0 bridgehead atoms. The van der Waals surface area contributed by atoms with Gasteiger partial charge in [0.15, 0.2) is 0 Å². The van der Waals surface area contributed by atoms with Crippen molar-refractivity contribution in [2.45, 2.75) is 52.1 Å². The Balaban J connectivity index is 1.63. The second kappa shape index (κ2) is 5.60. The Morgan fingerprint density at radius 2 is 1.90 bits per heavy atom. The van der Waals surface area contributed by atoms with E-state index in [0.29, 0.717) is 12.6 Å². The van der Waals surface area contributed by atoms with Gasteiger partial charge in [0.05, 0.1) is 10.2 Å². The number of aryl methyl sites for hydroxylation is 1. The molecule has 2 fully saturated rings. The minimum absolute atomic E-state index is 0.139. The molecule has 2 aliphatic carbocycles. The molecule has 1 aromatic rings. The highest BCUT2D eigenvalue weighted by Crippen LogP contribution is 2.44. The van der Waals surface area contributed by atoms with Crippen LogP contribution in [0.2, 0.25) is 0 Å². The molecule has 0 aromatic carbocycles. The van der Waals surface area contributed by atoms with Gasteiger partial charge in [-0.05, 0) is 67.3 Å². The van der Waals surface area contributed by atoms with Crippen molar-refractivity contribution >= 4 is 15.9 Å². The molecular formula is C15H22BrN3O. The highest BCUT2D eigenvalue weighted by molar-refractivity contribution is 9.10. The van der Waals surface area contributed by atoms with E-state index >= 15 is 0 Å². The van der Waals surface area contributed by atoms with E-state index in [9.17, 15) is 4.79 Å². The molecule has 0 unspecified atom stereocenters. The lowest BCUT2D eigenvalue weighted by Crippen LogP contribution is -2.38. The van der Waals surface area contributed by atoms with E-state index in [2.05, 4.69) is 26.2 Å². The highest BCUT2D eigenvalue weighted by Gasteiger charge is 2.40. The molecule has 2 saturated carbocycles. The van der Waals surface area contributed by atoms with E-state index < -0.39 is 0 Å². The van der Waals surface area contributed by atoms with Crippen LogP contribution in [0, 0.1) is 25.7 Å². The largest absolute Gasteiger partial charge is 0.348 e. The first-order chi connectivity index (χ1) is 9.58. The fraction of sp³-hybridized carbons (Fsp3) is 0.733. The molecule has 1 N–H and O–H groups in total. The molecule has 2 aliphatic rings. The lowest BCUT2D eigenvalue weighted by atomic mass is 10.1. The quantitative estimate of drug-likeness (QED) is 0.865. The number of hydrogen-bond acceptors (Lipinski definition) is 3. The molecule has 20 heavy (non-hydrogen) atoms. The van der Waals surface area contributed by atoms with Crippen molar-refractivity contribution in [1.82, 2.24) is 14.9 Å². The second-order valence-corrected chi connectivity index (χ2v) is 6.98. The Morgan fingerprint density at radius 1 is 1.30 bits per heavy atom. The van der Waals surface area contributed by atoms with Crippen molar-refractivity contribution in [2.75, 3.05) is 6.54 Å². The number of halogens is 1. The molecule has 0 spiro atoms. The average molecular weight is 340 g/mol. The van der Waals surface area contributed by atoms with E-state index in [1.165, 1.54) is 25.7 Å². The van der Waals surface area contributed by atoms with E-state index in [4.69, 9.17) is 0 Å². The Labute approximate surface area is 128 Å². The summed E-state index contributed by atoms with van der Waals surface area (Å²) in [5.74, 6) is 1.78. The first-order valence-electron chi connectivity index (χ1n) is 7.55. The topological polar surface area (TPSA) is 46.9 Å². The SMILES string of the molecule is Cc1nc(=O)n(CCNC(C2CC2)C2CC2)c(C)c1Br. The van der Waals surface area contributed by atoms with Crippen LogP contribution in [0.15, 0.2) is 9.27 Å². The molecule has 0 radical (unpaired) electrons. The summed E-state index contributed by atoms with van der Waals surface area (Å²) in [6.45, 7) is 5.39. The number of nitrogens with zero attached hydrogens (tertiary/aromatic N) is 2. The predicted octanol–water partition coefficient (Wildman–Crippen LogP) is 2.40. The molecule has 0 saturated heterocycles. The van der Waals surface area contributed by atoms with Crippen LogP contribution >= 0.6 is 15.9 Å². The molecule has 3 rings (SSSR count). The summed E-state index contributed by atoms with van der Waals surface area (Å²) >= 11 is 3.51. The van der Waals surface area contributed by atoms with Crippen LogP contribution in [0.1, 0.15) is 37.1 Å². The van der Waals surface area contributed by atoms with Gasteiger partial charge < -0.3 is 5.32 Å². The van der Waals surface area contributed by atoms with Gasteiger partial charge in [0.2, 0.25) is 0 Å². The third-order valence-electron chi connectivity index (χ3n) is 4.51. The summed E-state index contributed by atoms with van der Waals surface area (Å²) < 4.78 is 2.71. The van der Waals surface area contributed by atoms with E-state index in [1.807, 2.05) is 13.8 Å². The highest BCUT2D eigenvalue weighted by atomic mass is 79.9. The minimum atomic E-state index is -0.139. The van der Waals surface area contributed by atoms with Crippen molar-refractivity contribution in [3.8, 4) is 0 Å². The summed E-state index contributed by atoms with van der Waals surface area (Å²) in [4.78, 5) is 16.0. The number of aromatic nitrogens is 2. The average Bonchev–Trinajstić information content (AvgIpc) is 3.26. The normalized spacial score (nSPS) is 18.8. The van der Waals surface area contributed by atoms with Crippen LogP contribution in [0.25, 0.3) is 0 Å². The number of hydrogen-bond donors (Lipinski definition) is 1. The fourth-order valence-electron chi connectivity index (χ4n) is 3.01. The third-order valence-corrected chi connectivity index (χ3v) is 5.66. The minimum Gasteiger partial charge on any atom is -0.312 e. The standard InChI is InChI=1S/C15H22BrN3O/c1-9-13(16)10(2)19(15(20)18-9)8-7-17-14(11-3-4-11)12-5-6-12/h11-12,14,17H,3-8H2,1-2H3. The Morgan fingerprint density at radius 3 is 2.45 bits per heavy atom. The van der Waals surface area contributed by atoms with Crippen molar-refractivity contribution in [1.29, 1.82) is 0 Å². The molecule has 0 amide bonds. The third kappa shape index (κ3) is 2.98. The van der Waals surface area contributed by atoms with Gasteiger partial charge in [-0.2, -0.15) is 4.98 Å². The van der Waals surface area contributed by atoms with Crippen LogP contribution < -0.4 is 11.0 Å². The van der Waals surface area contributed by atoms with Gasteiger partial charge in [-0.3, -0.25) is 4.57 Å². The summed E-state index contributed by atoms with van der Waals surface area (Å²) in [7, 11) is 0. The predicted molar refractivity (Wildman–Crippen MR) is 82.9 cm³/mol. The number of rotatable bonds is 6. The zero-order valence-electron chi connectivity index (χ0n) is 12.2. The van der Waals surface area contributed by atoms with Crippen molar-refractivity contribution in [3.63, 3.8) is 0 Å². The molecule has 1 heterocycles. The fourth-order valence-corrected chi connectivity index (χ4v) is 3.31. The summed E-state index contributed by atoms with van der Waals surface area (Å²) in [5, 5.41) is 3.68. The maximum absolute atomic E-state index is 12.0. The number of nitrogens with one attached hydrogen (secondary N) is 1. The van der Waals surface area contributed by atoms with Gasteiger partial charge in [0.1, 0.15) is 0 Å². The van der Waals surface area contributed by atoms with Crippen LogP contribution in [0.3, 0.4) is 0 Å². The van der Waals surface area contributed by atoms with Crippen molar-refractivity contribution in [2.24, 2.45) is 11.8 Å². The first-order valence-corrected chi connectivity index (χ1v) is 8.34. The zero-order valence-corrected chi connectivity index (χ0v) is 13.7. The van der Waals surface area contributed by atoms with Crippen molar-refractivity contribution < 1.29 is 0 Å². The van der Waals surface area contributed by atoms with Crippen LogP contribution in [-0.2, 0) is 6.54 Å². The van der Waals surface area contributed by atoms with Crippen LogP contribution in [0.5, 0.6) is 0 Å². The molecule has 1 aromatic heterocycles. The summed E-state index contributed by atoms with van der Waals surface area (Å²) in [6, 6.07) is 0.688. The second-order valence-electron chi connectivity index (χ2n) is 6.19. The zero-order chi connectivity index (χ0) is 14.3. The van der Waals surface area contributed by atoms with E-state index in [-0.39, 0.29) is 5.69 Å². The Kier molecular flexibility index (Phi) is 4.00. The lowest BCUT2D eigenvalue weighted by molar-refractivity contribution is 0.402. The first kappa shape index (κ1) is 14.3. The van der Waals surface area contributed by atoms with Gasteiger partial charge in [0, 0.05) is 24.8 Å². The van der Waals surface area contributed by atoms with Crippen molar-refractivity contribution in [3.05, 3.63) is 26.3 Å². The van der Waals surface area contributed by atoms with Crippen LogP contribution in [0.4, 0.5) is 0 Å². The maximum Gasteiger partial charge on any atom is 0.348 e. The molecule has 4 nitrogen and oxygen atoms in total. The van der Waals surface area contributed by atoms with Gasteiger partial charge in [-0.25, -0.2) is 4.79 Å². The lowest BCUT2D eigenvalue weighted by Gasteiger charge is -2.19. The molecular weight excluding hydrogens is 318 g/mol. The monoisotopic (exact) mass is 339 g/mol. The van der Waals surface area contributed by atoms with Gasteiger partial charge in [0.25, 0.3) is 0 Å². The molecule has 0 atom stereocenters. The molecule has 0 aliphatic heterocycles. The van der Waals surface area contributed by atoms with Gasteiger partial charge >= 0.3 is 5.69 Å². The van der Waals surface area contributed by atoms with Gasteiger partial charge in [-0.15, -0.1) is 0 Å². The summed E-state index contributed by atoms with van der Waals surface area (Å²) in [5.41, 5.74) is 1.60. The van der Waals surface area contributed by atoms with Crippen LogP contribution in [-0.4, -0.2) is 22.1 Å². The smallest absolute Gasteiger partial charge is 0.312 e. The van der Waals surface area contributed by atoms with Gasteiger partial charge in [-0.1, -0.05) is 0 Å². The Bertz CT molecular complexity index is 549.